The fourth-order valence-electron chi connectivity index (χ4n) is 9.70. The highest BCUT2D eigenvalue weighted by Crippen LogP contribution is 2.68. The second-order valence-corrected chi connectivity index (χ2v) is 13.6. The van der Waals surface area contributed by atoms with Crippen LogP contribution >= 0.6 is 0 Å². The predicted molar refractivity (Wildman–Crippen MR) is 148 cm³/mol. The van der Waals surface area contributed by atoms with E-state index in [1.54, 1.807) is 7.11 Å². The lowest BCUT2D eigenvalue weighted by Gasteiger charge is -2.62. The SMILES string of the molecule is COc1ccc(COC(=O)NCC[C@@H](C)C2CC[C@H]3[C@@H]4[C@H](O)CC5C[C@H](O)CC[C@]5(C)[C@H]4CC[C@]23C)cc1. The van der Waals surface area contributed by atoms with Crippen molar-refractivity contribution in [1.29, 1.82) is 0 Å². The summed E-state index contributed by atoms with van der Waals surface area (Å²) in [6.45, 7) is 8.20. The molecule has 5 rings (SSSR count). The van der Waals surface area contributed by atoms with Gasteiger partial charge in [0.2, 0.25) is 0 Å². The van der Waals surface area contributed by atoms with Gasteiger partial charge in [0.25, 0.3) is 0 Å². The van der Waals surface area contributed by atoms with Crippen LogP contribution in [-0.2, 0) is 11.3 Å². The van der Waals surface area contributed by atoms with Crippen LogP contribution in [0.4, 0.5) is 4.79 Å². The summed E-state index contributed by atoms with van der Waals surface area (Å²) < 4.78 is 10.6. The first-order valence-corrected chi connectivity index (χ1v) is 15.1. The van der Waals surface area contributed by atoms with Crippen LogP contribution in [0.2, 0.25) is 0 Å². The van der Waals surface area contributed by atoms with Crippen LogP contribution in [0, 0.1) is 46.3 Å². The molecule has 4 fully saturated rings. The number of rotatable bonds is 7. The standard InChI is InChI=1S/C32H49NO5/c1-20(13-16-33-30(36)38-19-21-5-7-24(37-4)8-6-21)25-9-10-26-29-27(12-15-32(25,26)3)31(2)14-11-23(34)17-22(31)18-28(29)35/h5-8,20,22-23,25-29,34-35H,9-19H2,1-4H3,(H,33,36)/t20-,22?,23-,25?,26+,27+,28-,29+,31+,32-/m1/s1. The van der Waals surface area contributed by atoms with Gasteiger partial charge >= 0.3 is 6.09 Å². The maximum absolute atomic E-state index is 12.3. The third kappa shape index (κ3) is 5.08. The maximum Gasteiger partial charge on any atom is 0.407 e. The molecule has 212 valence electrons. The van der Waals surface area contributed by atoms with E-state index in [0.717, 1.165) is 43.4 Å². The van der Waals surface area contributed by atoms with Crippen molar-refractivity contribution in [2.45, 2.75) is 97.4 Å². The number of hydrogen-bond donors (Lipinski definition) is 3. The summed E-state index contributed by atoms with van der Waals surface area (Å²) in [5, 5.41) is 24.7. The van der Waals surface area contributed by atoms with Gasteiger partial charge in [-0.1, -0.05) is 32.9 Å². The molecule has 1 amide bonds. The minimum Gasteiger partial charge on any atom is -0.497 e. The third-order valence-electron chi connectivity index (χ3n) is 11.8. The van der Waals surface area contributed by atoms with Gasteiger partial charge in [0.05, 0.1) is 19.3 Å². The minimum atomic E-state index is -0.366. The Labute approximate surface area is 228 Å². The zero-order valence-corrected chi connectivity index (χ0v) is 23.8. The fourth-order valence-corrected chi connectivity index (χ4v) is 9.70. The average Bonchev–Trinajstić information content (AvgIpc) is 3.26. The molecule has 4 saturated carbocycles. The number of aliphatic hydroxyl groups is 2. The number of benzene rings is 1. The second-order valence-electron chi connectivity index (χ2n) is 13.6. The number of nitrogens with one attached hydrogen (secondary N) is 1. The lowest BCUT2D eigenvalue weighted by atomic mass is 9.43. The van der Waals surface area contributed by atoms with E-state index >= 15 is 0 Å². The maximum atomic E-state index is 12.3. The molecule has 6 nitrogen and oxygen atoms in total. The summed E-state index contributed by atoms with van der Waals surface area (Å²) in [7, 11) is 1.63. The number of carbonyl (C=O) groups excluding carboxylic acids is 1. The topological polar surface area (TPSA) is 88.0 Å². The largest absolute Gasteiger partial charge is 0.497 e. The van der Waals surface area contributed by atoms with Gasteiger partial charge in [-0.3, -0.25) is 0 Å². The van der Waals surface area contributed by atoms with E-state index in [2.05, 4.69) is 26.1 Å². The molecular formula is C32H49NO5. The molecule has 0 saturated heterocycles. The van der Waals surface area contributed by atoms with Crippen LogP contribution in [0.25, 0.3) is 0 Å². The van der Waals surface area contributed by atoms with E-state index in [0.29, 0.717) is 42.1 Å². The molecular weight excluding hydrogens is 478 g/mol. The normalized spacial score (nSPS) is 40.8. The highest BCUT2D eigenvalue weighted by Gasteiger charge is 2.62. The highest BCUT2D eigenvalue weighted by molar-refractivity contribution is 5.67. The van der Waals surface area contributed by atoms with E-state index < -0.39 is 0 Å². The summed E-state index contributed by atoms with van der Waals surface area (Å²) in [4.78, 5) is 12.3. The first-order valence-electron chi connectivity index (χ1n) is 15.1. The van der Waals surface area contributed by atoms with Crippen LogP contribution in [0.15, 0.2) is 24.3 Å². The van der Waals surface area contributed by atoms with E-state index in [-0.39, 0.29) is 35.7 Å². The Bertz CT molecular complexity index is 967. The first-order chi connectivity index (χ1) is 18.2. The van der Waals surface area contributed by atoms with E-state index in [1.165, 1.54) is 25.7 Å². The van der Waals surface area contributed by atoms with Gasteiger partial charge in [-0.05, 0) is 122 Å². The van der Waals surface area contributed by atoms with Crippen LogP contribution in [0.1, 0.15) is 84.1 Å². The molecule has 0 aromatic heterocycles. The predicted octanol–water partition coefficient (Wildman–Crippen LogP) is 5.94. The molecule has 3 N–H and O–H groups in total. The quantitative estimate of drug-likeness (QED) is 0.409. The number of alkyl carbamates (subject to hydrolysis) is 1. The molecule has 38 heavy (non-hydrogen) atoms. The van der Waals surface area contributed by atoms with Crippen molar-refractivity contribution in [2.75, 3.05) is 13.7 Å². The summed E-state index contributed by atoms with van der Waals surface area (Å²) in [6.07, 6.45) is 8.80. The lowest BCUT2D eigenvalue weighted by Crippen LogP contribution is -2.58. The summed E-state index contributed by atoms with van der Waals surface area (Å²) in [6, 6.07) is 7.54. The Morgan fingerprint density at radius 1 is 1.03 bits per heavy atom. The van der Waals surface area contributed by atoms with E-state index in [1.807, 2.05) is 24.3 Å². The molecule has 6 heteroatoms. The van der Waals surface area contributed by atoms with Crippen molar-refractivity contribution in [3.05, 3.63) is 29.8 Å². The molecule has 0 spiro atoms. The molecule has 4 aliphatic rings. The van der Waals surface area contributed by atoms with Gasteiger partial charge in [0.15, 0.2) is 0 Å². The van der Waals surface area contributed by atoms with E-state index in [4.69, 9.17) is 9.47 Å². The van der Waals surface area contributed by atoms with Gasteiger partial charge in [-0.2, -0.15) is 0 Å². The number of hydrogen-bond acceptors (Lipinski definition) is 5. The van der Waals surface area contributed by atoms with Crippen molar-refractivity contribution in [2.24, 2.45) is 46.3 Å². The zero-order valence-electron chi connectivity index (χ0n) is 23.8. The Kier molecular flexibility index (Phi) is 8.04. The Balaban J connectivity index is 1.14. The smallest absolute Gasteiger partial charge is 0.407 e. The van der Waals surface area contributed by atoms with Crippen molar-refractivity contribution in [3.63, 3.8) is 0 Å². The Morgan fingerprint density at radius 2 is 1.74 bits per heavy atom. The average molecular weight is 528 g/mol. The Hall–Kier alpha value is -1.79. The lowest BCUT2D eigenvalue weighted by molar-refractivity contribution is -0.174. The monoisotopic (exact) mass is 527 g/mol. The Morgan fingerprint density at radius 3 is 2.47 bits per heavy atom. The molecule has 0 bridgehead atoms. The third-order valence-corrected chi connectivity index (χ3v) is 11.8. The van der Waals surface area contributed by atoms with Crippen molar-refractivity contribution in [3.8, 4) is 5.75 Å². The first kappa shape index (κ1) is 27.8. The summed E-state index contributed by atoms with van der Waals surface area (Å²) in [5.41, 5.74) is 1.46. The molecule has 1 aromatic carbocycles. The molecule has 0 heterocycles. The number of amides is 1. The highest BCUT2D eigenvalue weighted by atomic mass is 16.5. The zero-order chi connectivity index (χ0) is 27.1. The van der Waals surface area contributed by atoms with Gasteiger partial charge in [0, 0.05) is 6.54 Å². The summed E-state index contributed by atoms with van der Waals surface area (Å²) >= 11 is 0. The number of methoxy groups -OCH3 is 1. The van der Waals surface area contributed by atoms with Crippen LogP contribution in [0.5, 0.6) is 5.75 Å². The number of aliphatic hydroxyl groups excluding tert-OH is 2. The van der Waals surface area contributed by atoms with Gasteiger partial charge in [-0.15, -0.1) is 0 Å². The number of fused-ring (bicyclic) bond motifs is 5. The second kappa shape index (κ2) is 11.0. The van der Waals surface area contributed by atoms with E-state index in [9.17, 15) is 15.0 Å². The van der Waals surface area contributed by atoms with Gasteiger partial charge < -0.3 is 25.0 Å². The van der Waals surface area contributed by atoms with Crippen molar-refractivity contribution >= 4 is 6.09 Å². The molecule has 0 radical (unpaired) electrons. The van der Waals surface area contributed by atoms with Crippen LogP contribution in [-0.4, -0.2) is 42.2 Å². The van der Waals surface area contributed by atoms with Crippen LogP contribution < -0.4 is 10.1 Å². The molecule has 10 atom stereocenters. The van der Waals surface area contributed by atoms with Crippen LogP contribution in [0.3, 0.4) is 0 Å². The van der Waals surface area contributed by atoms with Gasteiger partial charge in [0.1, 0.15) is 12.4 Å². The van der Waals surface area contributed by atoms with Gasteiger partial charge in [-0.25, -0.2) is 4.79 Å². The number of ether oxygens (including phenoxy) is 2. The molecule has 2 unspecified atom stereocenters. The molecule has 4 aliphatic carbocycles. The minimum absolute atomic E-state index is 0.185. The summed E-state index contributed by atoms with van der Waals surface area (Å²) in [5.74, 6) is 3.93. The van der Waals surface area contributed by atoms with Crippen molar-refractivity contribution < 1.29 is 24.5 Å². The number of carbonyl (C=O) groups is 1. The fraction of sp³-hybridized carbons (Fsp3) is 0.781. The molecule has 1 aromatic rings. The molecule has 0 aliphatic heterocycles. The van der Waals surface area contributed by atoms with Crippen molar-refractivity contribution in [1.82, 2.24) is 5.32 Å².